The number of amides is 2. The molecule has 0 aliphatic carbocycles. The summed E-state index contributed by atoms with van der Waals surface area (Å²) in [5, 5.41) is 2.88. The summed E-state index contributed by atoms with van der Waals surface area (Å²) in [5.41, 5.74) is 3.42. The maximum Gasteiger partial charge on any atom is 0.338 e. The minimum Gasteiger partial charge on any atom is -0.462 e. The summed E-state index contributed by atoms with van der Waals surface area (Å²) >= 11 is 0. The number of carbonyl (C=O) groups is 2. The number of piperazine rings is 1. The Morgan fingerprint density at radius 3 is 2.44 bits per heavy atom. The average Bonchev–Trinajstić information content (AvgIpc) is 2.69. The molecule has 1 saturated heterocycles. The minimum absolute atomic E-state index is 0.134. The van der Waals surface area contributed by atoms with Crippen molar-refractivity contribution in [3.63, 3.8) is 0 Å². The predicted molar refractivity (Wildman–Crippen MR) is 104 cm³/mol. The smallest absolute Gasteiger partial charge is 0.338 e. The molecule has 1 aromatic carbocycles. The number of hydrogen-bond donors (Lipinski definition) is 1. The molecule has 0 radical (unpaired) electrons. The van der Waals surface area contributed by atoms with Crippen molar-refractivity contribution in [2.45, 2.75) is 13.8 Å². The van der Waals surface area contributed by atoms with Gasteiger partial charge in [-0.2, -0.15) is 0 Å². The molecular weight excluding hydrogens is 344 g/mol. The highest BCUT2D eigenvalue weighted by atomic mass is 16.5. The SMILES string of the molecule is CCOC(=O)c1ccc(NC(=O)N2CCN(c3ccncc3C)CC2)cc1. The van der Waals surface area contributed by atoms with E-state index in [1.807, 2.05) is 19.2 Å². The minimum atomic E-state index is -0.363. The van der Waals surface area contributed by atoms with Gasteiger partial charge in [0.25, 0.3) is 0 Å². The zero-order valence-electron chi connectivity index (χ0n) is 15.6. The van der Waals surface area contributed by atoms with Crippen LogP contribution in [0.5, 0.6) is 0 Å². The van der Waals surface area contributed by atoms with Gasteiger partial charge in [-0.25, -0.2) is 9.59 Å². The first-order valence-electron chi connectivity index (χ1n) is 9.07. The Morgan fingerprint density at radius 1 is 1.11 bits per heavy atom. The van der Waals surface area contributed by atoms with Gasteiger partial charge in [-0.1, -0.05) is 0 Å². The summed E-state index contributed by atoms with van der Waals surface area (Å²) in [6.45, 7) is 7.00. The van der Waals surface area contributed by atoms with Gasteiger partial charge in [-0.3, -0.25) is 4.98 Å². The van der Waals surface area contributed by atoms with Gasteiger partial charge in [0.1, 0.15) is 0 Å². The van der Waals surface area contributed by atoms with Gasteiger partial charge in [0.2, 0.25) is 0 Å². The first kappa shape index (κ1) is 18.7. The standard InChI is InChI=1S/C20H24N4O3/c1-3-27-19(25)16-4-6-17(7-5-16)22-20(26)24-12-10-23(11-13-24)18-8-9-21-14-15(18)2/h4-9,14H,3,10-13H2,1-2H3,(H,22,26). The van der Waals surface area contributed by atoms with E-state index in [1.54, 1.807) is 42.3 Å². The molecular formula is C20H24N4O3. The van der Waals surface area contributed by atoms with Crippen molar-refractivity contribution in [2.24, 2.45) is 0 Å². The van der Waals surface area contributed by atoms with Crippen molar-refractivity contribution in [3.8, 4) is 0 Å². The van der Waals surface area contributed by atoms with Crippen LogP contribution in [0.25, 0.3) is 0 Å². The van der Waals surface area contributed by atoms with Crippen molar-refractivity contribution in [1.82, 2.24) is 9.88 Å². The number of rotatable bonds is 4. The maximum atomic E-state index is 12.5. The van der Waals surface area contributed by atoms with Crippen LogP contribution >= 0.6 is 0 Å². The molecule has 3 rings (SSSR count). The van der Waals surface area contributed by atoms with Crippen LogP contribution in [0.15, 0.2) is 42.7 Å². The zero-order valence-corrected chi connectivity index (χ0v) is 15.6. The molecule has 1 fully saturated rings. The summed E-state index contributed by atoms with van der Waals surface area (Å²) in [6.07, 6.45) is 3.65. The number of ether oxygens (including phenoxy) is 1. The molecule has 1 aliphatic rings. The highest BCUT2D eigenvalue weighted by Gasteiger charge is 2.22. The van der Waals surface area contributed by atoms with Crippen molar-refractivity contribution in [1.29, 1.82) is 0 Å². The fraction of sp³-hybridized carbons (Fsp3) is 0.350. The normalized spacial score (nSPS) is 14.0. The van der Waals surface area contributed by atoms with Crippen LogP contribution in [0.4, 0.5) is 16.2 Å². The van der Waals surface area contributed by atoms with Gasteiger partial charge in [0.15, 0.2) is 0 Å². The second kappa shape index (κ2) is 8.53. The molecule has 1 aromatic heterocycles. The maximum absolute atomic E-state index is 12.5. The number of benzene rings is 1. The quantitative estimate of drug-likeness (QED) is 0.840. The third-order valence-electron chi connectivity index (χ3n) is 4.55. The highest BCUT2D eigenvalue weighted by molar-refractivity contribution is 5.92. The van der Waals surface area contributed by atoms with E-state index in [1.165, 1.54) is 5.69 Å². The van der Waals surface area contributed by atoms with Crippen LogP contribution in [0.1, 0.15) is 22.8 Å². The summed E-state index contributed by atoms with van der Waals surface area (Å²) in [6, 6.07) is 8.60. The molecule has 27 heavy (non-hydrogen) atoms. The number of aromatic nitrogens is 1. The first-order valence-corrected chi connectivity index (χ1v) is 9.07. The molecule has 0 atom stereocenters. The third kappa shape index (κ3) is 4.55. The molecule has 1 aliphatic heterocycles. The Balaban J connectivity index is 1.54. The van der Waals surface area contributed by atoms with E-state index in [0.29, 0.717) is 30.9 Å². The molecule has 0 spiro atoms. The van der Waals surface area contributed by atoms with Crippen molar-refractivity contribution in [3.05, 3.63) is 53.9 Å². The summed E-state index contributed by atoms with van der Waals surface area (Å²) < 4.78 is 4.96. The van der Waals surface area contributed by atoms with E-state index in [4.69, 9.17) is 4.74 Å². The van der Waals surface area contributed by atoms with Gasteiger partial charge in [-0.05, 0) is 49.7 Å². The number of esters is 1. The van der Waals surface area contributed by atoms with E-state index in [2.05, 4.69) is 15.2 Å². The second-order valence-corrected chi connectivity index (χ2v) is 6.36. The summed E-state index contributed by atoms with van der Waals surface area (Å²) in [4.78, 5) is 32.4. The Bertz CT molecular complexity index is 799. The Hall–Kier alpha value is -3.09. The summed E-state index contributed by atoms with van der Waals surface area (Å²) in [7, 11) is 0. The van der Waals surface area contributed by atoms with Gasteiger partial charge in [0.05, 0.1) is 12.2 Å². The van der Waals surface area contributed by atoms with E-state index < -0.39 is 0 Å². The van der Waals surface area contributed by atoms with Crippen LogP contribution < -0.4 is 10.2 Å². The Morgan fingerprint density at radius 2 is 1.81 bits per heavy atom. The number of carbonyl (C=O) groups excluding carboxylic acids is 2. The number of urea groups is 1. The number of anilines is 2. The van der Waals surface area contributed by atoms with E-state index in [0.717, 1.165) is 18.7 Å². The van der Waals surface area contributed by atoms with Gasteiger partial charge >= 0.3 is 12.0 Å². The van der Waals surface area contributed by atoms with Gasteiger partial charge in [-0.15, -0.1) is 0 Å². The lowest BCUT2D eigenvalue weighted by molar-refractivity contribution is 0.0526. The van der Waals surface area contributed by atoms with Gasteiger partial charge in [0, 0.05) is 49.9 Å². The molecule has 2 aromatic rings. The second-order valence-electron chi connectivity index (χ2n) is 6.36. The van der Waals surface area contributed by atoms with Crippen LogP contribution in [-0.4, -0.2) is 54.7 Å². The van der Waals surface area contributed by atoms with E-state index in [9.17, 15) is 9.59 Å². The Labute approximate surface area is 158 Å². The number of nitrogens with one attached hydrogen (secondary N) is 1. The van der Waals surface area contributed by atoms with Crippen LogP contribution in [0.2, 0.25) is 0 Å². The average molecular weight is 368 g/mol. The molecule has 2 heterocycles. The molecule has 0 unspecified atom stereocenters. The number of hydrogen-bond acceptors (Lipinski definition) is 5. The highest BCUT2D eigenvalue weighted by Crippen LogP contribution is 2.20. The Kier molecular flexibility index (Phi) is 5.90. The first-order chi connectivity index (χ1) is 13.1. The van der Waals surface area contributed by atoms with E-state index in [-0.39, 0.29) is 12.0 Å². The molecule has 0 bridgehead atoms. The van der Waals surface area contributed by atoms with Crippen molar-refractivity contribution >= 4 is 23.4 Å². The lowest BCUT2D eigenvalue weighted by Gasteiger charge is -2.36. The molecule has 1 N–H and O–H groups in total. The fourth-order valence-electron chi connectivity index (χ4n) is 3.08. The van der Waals surface area contributed by atoms with Crippen LogP contribution in [0, 0.1) is 6.92 Å². The lowest BCUT2D eigenvalue weighted by Crippen LogP contribution is -2.50. The molecule has 2 amide bonds. The molecule has 7 nitrogen and oxygen atoms in total. The molecule has 142 valence electrons. The number of aryl methyl sites for hydroxylation is 1. The number of pyridine rings is 1. The molecule has 7 heteroatoms. The van der Waals surface area contributed by atoms with Crippen molar-refractivity contribution in [2.75, 3.05) is 43.0 Å². The predicted octanol–water partition coefficient (Wildman–Crippen LogP) is 2.92. The third-order valence-corrected chi connectivity index (χ3v) is 4.55. The van der Waals surface area contributed by atoms with Crippen LogP contribution in [0.3, 0.4) is 0 Å². The van der Waals surface area contributed by atoms with Crippen LogP contribution in [-0.2, 0) is 4.74 Å². The fourth-order valence-corrected chi connectivity index (χ4v) is 3.08. The largest absolute Gasteiger partial charge is 0.462 e. The topological polar surface area (TPSA) is 74.8 Å². The van der Waals surface area contributed by atoms with Crippen molar-refractivity contribution < 1.29 is 14.3 Å². The number of nitrogens with zero attached hydrogens (tertiary/aromatic N) is 3. The summed E-state index contributed by atoms with van der Waals surface area (Å²) in [5.74, 6) is -0.363. The van der Waals surface area contributed by atoms with Gasteiger partial charge < -0.3 is 19.9 Å². The van der Waals surface area contributed by atoms with E-state index >= 15 is 0 Å². The monoisotopic (exact) mass is 368 g/mol. The lowest BCUT2D eigenvalue weighted by atomic mass is 10.2. The molecule has 0 saturated carbocycles. The zero-order chi connectivity index (χ0) is 19.2.